The minimum Gasteiger partial charge on any atom is -0.493 e. The van der Waals surface area contributed by atoms with E-state index in [-0.39, 0.29) is 12.2 Å². The van der Waals surface area contributed by atoms with Crippen molar-refractivity contribution in [3.05, 3.63) is 36.4 Å². The Morgan fingerprint density at radius 2 is 1.70 bits per heavy atom. The van der Waals surface area contributed by atoms with Gasteiger partial charge < -0.3 is 9.47 Å². The highest BCUT2D eigenvalue weighted by atomic mass is 32.2. The molecule has 2 atom stereocenters. The van der Waals surface area contributed by atoms with Gasteiger partial charge in [-0.25, -0.2) is 8.42 Å². The number of rotatable bonds is 7. The number of hydrogen-bond acceptors (Lipinski definition) is 4. The Kier molecular flexibility index (Phi) is 6.40. The lowest BCUT2D eigenvalue weighted by Crippen LogP contribution is -2.48. The Labute approximate surface area is 162 Å². The maximum Gasteiger partial charge on any atom is 0.243 e. The highest BCUT2D eigenvalue weighted by Gasteiger charge is 2.33. The third-order valence-corrected chi connectivity index (χ3v) is 6.74. The monoisotopic (exact) mass is 391 g/mol. The molecule has 0 amide bonds. The first-order valence-corrected chi connectivity index (χ1v) is 11.2. The number of fused-ring (bicyclic) bond motifs is 1. The van der Waals surface area contributed by atoms with E-state index < -0.39 is 10.0 Å². The van der Waals surface area contributed by atoms with Crippen LogP contribution in [0.4, 0.5) is 0 Å². The lowest BCUT2D eigenvalue weighted by molar-refractivity contribution is -0.0440. The molecule has 27 heavy (non-hydrogen) atoms. The van der Waals surface area contributed by atoms with Crippen molar-refractivity contribution >= 4 is 20.8 Å². The summed E-state index contributed by atoms with van der Waals surface area (Å²) in [6.45, 7) is 7.35. The van der Waals surface area contributed by atoms with E-state index in [2.05, 4.69) is 6.92 Å². The van der Waals surface area contributed by atoms with E-state index in [4.69, 9.17) is 9.47 Å². The number of benzene rings is 2. The van der Waals surface area contributed by atoms with Gasteiger partial charge in [-0.3, -0.25) is 0 Å². The fraction of sp³-hybridized carbons (Fsp3) is 0.524. The molecular formula is C21H29NO4S. The van der Waals surface area contributed by atoms with Crippen molar-refractivity contribution in [2.75, 3.05) is 19.7 Å². The standard InChI is InChI=1S/C21H29NO4S/c1-4-5-8-13-25-20-11-12-21(19-10-7-6-9-18(19)20)27(23,24)22-14-16(2)26-17(3)15-22/h6-7,9-12,16-17H,4-5,8,13-15H2,1-3H3/t16-,17-/m0/s1. The highest BCUT2D eigenvalue weighted by Crippen LogP contribution is 2.33. The molecule has 1 heterocycles. The van der Waals surface area contributed by atoms with Crippen LogP contribution in [0.5, 0.6) is 5.75 Å². The van der Waals surface area contributed by atoms with Gasteiger partial charge in [0, 0.05) is 23.9 Å². The quantitative estimate of drug-likeness (QED) is 0.664. The normalized spacial score (nSPS) is 21.4. The summed E-state index contributed by atoms with van der Waals surface area (Å²) in [6, 6.07) is 11.0. The van der Waals surface area contributed by atoms with E-state index in [0.717, 1.165) is 30.4 Å². The van der Waals surface area contributed by atoms with Crippen LogP contribution in [-0.4, -0.2) is 44.6 Å². The first-order valence-electron chi connectivity index (χ1n) is 9.73. The molecule has 0 bridgehead atoms. The Morgan fingerprint density at radius 3 is 2.37 bits per heavy atom. The van der Waals surface area contributed by atoms with Crippen molar-refractivity contribution in [2.24, 2.45) is 0 Å². The van der Waals surface area contributed by atoms with Gasteiger partial charge in [-0.2, -0.15) is 4.31 Å². The second-order valence-corrected chi connectivity index (χ2v) is 9.15. The summed E-state index contributed by atoms with van der Waals surface area (Å²) in [7, 11) is -3.60. The zero-order valence-corrected chi connectivity index (χ0v) is 17.2. The van der Waals surface area contributed by atoms with Gasteiger partial charge in [0.2, 0.25) is 10.0 Å². The molecule has 2 aromatic rings. The largest absolute Gasteiger partial charge is 0.493 e. The fourth-order valence-corrected chi connectivity index (χ4v) is 5.38. The molecule has 3 rings (SSSR count). The second kappa shape index (κ2) is 8.59. The maximum absolute atomic E-state index is 13.3. The molecule has 0 unspecified atom stereocenters. The predicted molar refractivity (Wildman–Crippen MR) is 108 cm³/mol. The first-order chi connectivity index (χ1) is 12.9. The number of nitrogens with zero attached hydrogens (tertiary/aromatic N) is 1. The lowest BCUT2D eigenvalue weighted by atomic mass is 10.1. The van der Waals surface area contributed by atoms with E-state index in [1.54, 1.807) is 12.1 Å². The molecule has 6 heteroatoms. The molecule has 0 radical (unpaired) electrons. The van der Waals surface area contributed by atoms with Crippen molar-refractivity contribution in [3.8, 4) is 5.75 Å². The van der Waals surface area contributed by atoms with E-state index in [1.807, 2.05) is 38.1 Å². The number of unbranched alkanes of at least 4 members (excludes halogenated alkanes) is 2. The molecular weight excluding hydrogens is 362 g/mol. The van der Waals surface area contributed by atoms with Crippen LogP contribution in [0, 0.1) is 0 Å². The summed E-state index contributed by atoms with van der Waals surface area (Å²) >= 11 is 0. The van der Waals surface area contributed by atoms with Crippen LogP contribution in [0.1, 0.15) is 40.0 Å². The molecule has 1 aliphatic rings. The molecule has 1 aliphatic heterocycles. The van der Waals surface area contributed by atoms with Gasteiger partial charge in [-0.05, 0) is 32.4 Å². The van der Waals surface area contributed by atoms with Crippen LogP contribution in [0.3, 0.4) is 0 Å². The zero-order chi connectivity index (χ0) is 19.4. The van der Waals surface area contributed by atoms with Crippen molar-refractivity contribution in [1.82, 2.24) is 4.31 Å². The van der Waals surface area contributed by atoms with Gasteiger partial charge in [0.05, 0.1) is 23.7 Å². The average molecular weight is 392 g/mol. The number of morpholine rings is 1. The molecule has 0 spiro atoms. The summed E-state index contributed by atoms with van der Waals surface area (Å²) in [4.78, 5) is 0.334. The van der Waals surface area contributed by atoms with E-state index in [1.165, 1.54) is 4.31 Å². The van der Waals surface area contributed by atoms with Gasteiger partial charge in [0.25, 0.3) is 0 Å². The third-order valence-electron chi connectivity index (χ3n) is 4.85. The molecule has 148 valence electrons. The number of ether oxygens (including phenoxy) is 2. The maximum atomic E-state index is 13.3. The van der Waals surface area contributed by atoms with Gasteiger partial charge in [-0.1, -0.05) is 44.0 Å². The van der Waals surface area contributed by atoms with E-state index >= 15 is 0 Å². The Morgan fingerprint density at radius 1 is 1.04 bits per heavy atom. The van der Waals surface area contributed by atoms with Crippen LogP contribution in [-0.2, 0) is 14.8 Å². The second-order valence-electron chi connectivity index (χ2n) is 7.24. The minimum absolute atomic E-state index is 0.115. The molecule has 0 aliphatic carbocycles. The Bertz CT molecular complexity index is 871. The molecule has 0 aromatic heterocycles. The average Bonchev–Trinajstić information content (AvgIpc) is 2.64. The van der Waals surface area contributed by atoms with Crippen molar-refractivity contribution in [2.45, 2.75) is 57.1 Å². The van der Waals surface area contributed by atoms with Crippen LogP contribution in [0.2, 0.25) is 0 Å². The van der Waals surface area contributed by atoms with Crippen molar-refractivity contribution in [3.63, 3.8) is 0 Å². The molecule has 0 N–H and O–H groups in total. The van der Waals surface area contributed by atoms with Crippen molar-refractivity contribution < 1.29 is 17.9 Å². The lowest BCUT2D eigenvalue weighted by Gasteiger charge is -2.34. The van der Waals surface area contributed by atoms with Crippen molar-refractivity contribution in [1.29, 1.82) is 0 Å². The van der Waals surface area contributed by atoms with Crippen LogP contribution >= 0.6 is 0 Å². The third kappa shape index (κ3) is 4.45. The minimum atomic E-state index is -3.60. The predicted octanol–water partition coefficient (Wildman–Crippen LogP) is 4.21. The summed E-state index contributed by atoms with van der Waals surface area (Å²) in [6.07, 6.45) is 3.02. The molecule has 0 saturated carbocycles. The Balaban J connectivity index is 1.95. The molecule has 5 nitrogen and oxygen atoms in total. The van der Waals surface area contributed by atoms with Gasteiger partial charge in [0.15, 0.2) is 0 Å². The SMILES string of the molecule is CCCCCOc1ccc(S(=O)(=O)N2C[C@H](C)O[C@@H](C)C2)c2ccccc12. The zero-order valence-electron chi connectivity index (χ0n) is 16.3. The van der Waals surface area contributed by atoms with Gasteiger partial charge in [-0.15, -0.1) is 0 Å². The Hall–Kier alpha value is -1.63. The highest BCUT2D eigenvalue weighted by molar-refractivity contribution is 7.89. The molecule has 1 saturated heterocycles. The summed E-state index contributed by atoms with van der Waals surface area (Å²) in [5, 5.41) is 1.54. The van der Waals surface area contributed by atoms with Crippen LogP contribution < -0.4 is 4.74 Å². The smallest absolute Gasteiger partial charge is 0.243 e. The number of sulfonamides is 1. The number of hydrogen-bond donors (Lipinski definition) is 0. The van der Waals surface area contributed by atoms with E-state index in [9.17, 15) is 8.42 Å². The van der Waals surface area contributed by atoms with Gasteiger partial charge in [0.1, 0.15) is 5.75 Å². The summed E-state index contributed by atoms with van der Waals surface area (Å²) in [5.41, 5.74) is 0. The topological polar surface area (TPSA) is 55.8 Å². The van der Waals surface area contributed by atoms with Crippen LogP contribution in [0.15, 0.2) is 41.3 Å². The van der Waals surface area contributed by atoms with E-state index in [0.29, 0.717) is 30.0 Å². The fourth-order valence-electron chi connectivity index (χ4n) is 3.59. The summed E-state index contributed by atoms with van der Waals surface area (Å²) in [5.74, 6) is 0.740. The molecule has 2 aromatic carbocycles. The van der Waals surface area contributed by atoms with Crippen LogP contribution in [0.25, 0.3) is 10.8 Å². The first kappa shape index (κ1) is 20.1. The molecule has 1 fully saturated rings. The summed E-state index contributed by atoms with van der Waals surface area (Å²) < 4.78 is 39.8. The van der Waals surface area contributed by atoms with Gasteiger partial charge >= 0.3 is 0 Å².